The van der Waals surface area contributed by atoms with Crippen LogP contribution in [0.15, 0.2) is 47.5 Å². The summed E-state index contributed by atoms with van der Waals surface area (Å²) in [6.45, 7) is 7.16. The molecule has 1 saturated heterocycles. The first-order chi connectivity index (χ1) is 16.9. The molecule has 1 N–H and O–H groups in total. The highest BCUT2D eigenvalue weighted by molar-refractivity contribution is 6.30. The smallest absolute Gasteiger partial charge is 0.161 e. The molecule has 0 atom stereocenters. The Hall–Kier alpha value is -3.54. The van der Waals surface area contributed by atoms with E-state index < -0.39 is 0 Å². The van der Waals surface area contributed by atoms with Crippen LogP contribution in [-0.2, 0) is 6.54 Å². The predicted molar refractivity (Wildman–Crippen MR) is 139 cm³/mol. The highest BCUT2D eigenvalue weighted by Gasteiger charge is 2.41. The first-order valence-corrected chi connectivity index (χ1v) is 12.1. The number of aryl methyl sites for hydroxylation is 1. The van der Waals surface area contributed by atoms with Gasteiger partial charge in [-0.05, 0) is 49.4 Å². The van der Waals surface area contributed by atoms with Gasteiger partial charge in [0.15, 0.2) is 5.65 Å². The Kier molecular flexibility index (Phi) is 6.13. The molecule has 0 radical (unpaired) electrons. The van der Waals surface area contributed by atoms with Gasteiger partial charge in [-0.15, -0.1) is 10.2 Å². The number of likely N-dealkylation sites (tertiary alicyclic amines) is 1. The van der Waals surface area contributed by atoms with Gasteiger partial charge in [-0.25, -0.2) is 0 Å². The molecule has 0 saturated carbocycles. The fraction of sp³-hybridized carbons (Fsp3) is 0.346. The number of benzene rings is 1. The zero-order valence-electron chi connectivity index (χ0n) is 19.9. The first kappa shape index (κ1) is 23.2. The first-order valence-electron chi connectivity index (χ1n) is 11.7. The van der Waals surface area contributed by atoms with Crippen molar-refractivity contribution >= 4 is 40.2 Å². The lowest BCUT2D eigenvalue weighted by atomic mass is 9.87. The summed E-state index contributed by atoms with van der Waals surface area (Å²) in [5.41, 5.74) is 4.72. The summed E-state index contributed by atoms with van der Waals surface area (Å²) in [6.07, 6.45) is 2.59. The lowest BCUT2D eigenvalue weighted by Crippen LogP contribution is -2.60. The van der Waals surface area contributed by atoms with Crippen LogP contribution in [0.5, 0.6) is 0 Å². The maximum Gasteiger partial charge on any atom is 0.161 e. The van der Waals surface area contributed by atoms with Crippen molar-refractivity contribution in [2.45, 2.75) is 38.8 Å². The van der Waals surface area contributed by atoms with Crippen molar-refractivity contribution in [3.8, 4) is 6.07 Å². The van der Waals surface area contributed by atoms with Gasteiger partial charge in [0, 0.05) is 37.3 Å². The molecule has 5 rings (SSSR count). The van der Waals surface area contributed by atoms with E-state index in [-0.39, 0.29) is 5.54 Å². The molecule has 0 bridgehead atoms. The molecular weight excluding hydrogens is 460 g/mol. The molecule has 0 aliphatic carbocycles. The van der Waals surface area contributed by atoms with Crippen LogP contribution in [0.2, 0.25) is 5.02 Å². The average Bonchev–Trinajstić information content (AvgIpc) is 3.37. The quantitative estimate of drug-likeness (QED) is 0.370. The van der Waals surface area contributed by atoms with Crippen molar-refractivity contribution in [1.29, 1.82) is 10.7 Å². The van der Waals surface area contributed by atoms with Crippen LogP contribution in [-0.4, -0.2) is 61.2 Å². The van der Waals surface area contributed by atoms with Crippen LogP contribution in [0.4, 0.5) is 0 Å². The molecule has 35 heavy (non-hydrogen) atoms. The van der Waals surface area contributed by atoms with Gasteiger partial charge < -0.3 is 9.98 Å². The van der Waals surface area contributed by atoms with Crippen molar-refractivity contribution in [2.75, 3.05) is 19.6 Å². The van der Waals surface area contributed by atoms with Crippen LogP contribution in [0.1, 0.15) is 36.8 Å². The molecule has 0 amide bonds. The van der Waals surface area contributed by atoms with Gasteiger partial charge >= 0.3 is 0 Å². The predicted octanol–water partition coefficient (Wildman–Crippen LogP) is 4.51. The number of likely N-dealkylation sites (N-methyl/N-ethyl adjacent to an activating group) is 1. The lowest BCUT2D eigenvalue weighted by Gasteiger charge is -2.46. The van der Waals surface area contributed by atoms with Gasteiger partial charge in [0.05, 0.1) is 40.5 Å². The number of nitriles is 1. The standard InChI is InChI=1S/C26H27ClN8/c1-3-33-16-26(17-33,10-11-28)30-12-9-21(29)23-14-24-22(7-8-25-32-31-18(2)35(24)25)34(23)15-19-5-4-6-20(27)13-19/h4-8,12-14,29H,3,9-10,15-17H2,1-2H3. The van der Waals surface area contributed by atoms with Crippen molar-refractivity contribution in [3.05, 3.63) is 64.6 Å². The van der Waals surface area contributed by atoms with Gasteiger partial charge in [0.2, 0.25) is 0 Å². The Morgan fingerprint density at radius 3 is 2.80 bits per heavy atom. The summed E-state index contributed by atoms with van der Waals surface area (Å²) in [5.74, 6) is 0.800. The Morgan fingerprint density at radius 1 is 1.23 bits per heavy atom. The second-order valence-corrected chi connectivity index (χ2v) is 9.58. The normalized spacial score (nSPS) is 15.6. The highest BCUT2D eigenvalue weighted by Crippen LogP contribution is 2.29. The second-order valence-electron chi connectivity index (χ2n) is 9.15. The average molecular weight is 487 g/mol. The number of halogens is 1. The van der Waals surface area contributed by atoms with Crippen molar-refractivity contribution in [3.63, 3.8) is 0 Å². The number of aliphatic imine (C=N–C) groups is 1. The van der Waals surface area contributed by atoms with Crippen LogP contribution in [0, 0.1) is 23.7 Å². The van der Waals surface area contributed by atoms with E-state index >= 15 is 0 Å². The number of rotatable bonds is 8. The van der Waals surface area contributed by atoms with E-state index in [0.29, 0.717) is 30.1 Å². The number of pyridine rings is 1. The van der Waals surface area contributed by atoms with Gasteiger partial charge in [0.25, 0.3) is 0 Å². The van der Waals surface area contributed by atoms with Crippen LogP contribution in [0.25, 0.3) is 16.7 Å². The summed E-state index contributed by atoms with van der Waals surface area (Å²) in [7, 11) is 0. The maximum atomic E-state index is 9.27. The van der Waals surface area contributed by atoms with E-state index in [1.807, 2.05) is 60.0 Å². The molecule has 0 unspecified atom stereocenters. The fourth-order valence-electron chi connectivity index (χ4n) is 4.91. The fourth-order valence-corrected chi connectivity index (χ4v) is 5.12. The second kappa shape index (κ2) is 9.25. The topological polar surface area (TPSA) is 98.4 Å². The van der Waals surface area contributed by atoms with E-state index in [0.717, 1.165) is 53.4 Å². The van der Waals surface area contributed by atoms with E-state index in [1.54, 1.807) is 0 Å². The molecule has 178 valence electrons. The summed E-state index contributed by atoms with van der Waals surface area (Å²) >= 11 is 6.25. The molecular formula is C26H27ClN8. The largest absolute Gasteiger partial charge is 0.334 e. The number of aromatic nitrogens is 4. The Bertz CT molecular complexity index is 1480. The number of nitrogens with one attached hydrogen (secondary N) is 1. The Balaban J connectivity index is 1.50. The summed E-state index contributed by atoms with van der Waals surface area (Å²) < 4.78 is 4.16. The zero-order chi connectivity index (χ0) is 24.6. The third-order valence-corrected chi connectivity index (χ3v) is 6.92. The number of hydrogen-bond acceptors (Lipinski definition) is 6. The van der Waals surface area contributed by atoms with Gasteiger partial charge in [-0.2, -0.15) is 5.26 Å². The van der Waals surface area contributed by atoms with Crippen LogP contribution >= 0.6 is 11.6 Å². The molecule has 8 nitrogen and oxygen atoms in total. The molecule has 1 aliphatic rings. The number of nitrogens with zero attached hydrogens (tertiary/aromatic N) is 7. The summed E-state index contributed by atoms with van der Waals surface area (Å²) in [4.78, 5) is 7.04. The molecule has 1 aliphatic heterocycles. The Labute approximate surface area is 209 Å². The van der Waals surface area contributed by atoms with E-state index in [1.165, 1.54) is 0 Å². The lowest BCUT2D eigenvalue weighted by molar-refractivity contribution is 0.0823. The Morgan fingerprint density at radius 2 is 2.06 bits per heavy atom. The minimum Gasteiger partial charge on any atom is -0.334 e. The summed E-state index contributed by atoms with van der Waals surface area (Å²) in [5, 5.41) is 27.4. The molecule has 1 fully saturated rings. The molecule has 4 heterocycles. The molecule has 4 aromatic rings. The van der Waals surface area contributed by atoms with Crippen LogP contribution in [0.3, 0.4) is 0 Å². The minimum atomic E-state index is -0.343. The zero-order valence-corrected chi connectivity index (χ0v) is 20.6. The monoisotopic (exact) mass is 486 g/mol. The van der Waals surface area contributed by atoms with E-state index in [4.69, 9.17) is 22.0 Å². The third-order valence-electron chi connectivity index (χ3n) is 6.69. The molecule has 9 heteroatoms. The number of hydrogen-bond donors (Lipinski definition) is 1. The van der Waals surface area contributed by atoms with Crippen molar-refractivity contribution in [2.24, 2.45) is 4.99 Å². The van der Waals surface area contributed by atoms with Gasteiger partial charge in [-0.1, -0.05) is 30.7 Å². The highest BCUT2D eigenvalue weighted by atomic mass is 35.5. The van der Waals surface area contributed by atoms with E-state index in [2.05, 4.69) is 32.7 Å². The maximum absolute atomic E-state index is 9.27. The van der Waals surface area contributed by atoms with Crippen molar-refractivity contribution < 1.29 is 0 Å². The summed E-state index contributed by atoms with van der Waals surface area (Å²) in [6, 6.07) is 16.1. The number of fused-ring (bicyclic) bond motifs is 3. The molecule has 3 aromatic heterocycles. The molecule has 0 spiro atoms. The van der Waals surface area contributed by atoms with Crippen LogP contribution < -0.4 is 0 Å². The van der Waals surface area contributed by atoms with Gasteiger partial charge in [0.1, 0.15) is 5.82 Å². The third kappa shape index (κ3) is 4.33. The van der Waals surface area contributed by atoms with E-state index in [9.17, 15) is 5.26 Å². The SMILES string of the molecule is CCN1CC(CC#N)(N=CCC(=N)c2cc3c(ccc4nnc(C)n43)n2Cc2cccc(Cl)c2)C1. The van der Waals surface area contributed by atoms with Crippen molar-refractivity contribution in [1.82, 2.24) is 24.1 Å². The molecule has 1 aromatic carbocycles. The minimum absolute atomic E-state index is 0.343. The van der Waals surface area contributed by atoms with Gasteiger partial charge in [-0.3, -0.25) is 14.3 Å².